The summed E-state index contributed by atoms with van der Waals surface area (Å²) in [4.78, 5) is 17.7. The van der Waals surface area contributed by atoms with E-state index < -0.39 is 0 Å². The van der Waals surface area contributed by atoms with Gasteiger partial charge in [0.2, 0.25) is 0 Å². The van der Waals surface area contributed by atoms with Crippen LogP contribution in [0, 0.1) is 11.8 Å². The highest BCUT2D eigenvalue weighted by Crippen LogP contribution is 2.49. The van der Waals surface area contributed by atoms with E-state index in [-0.39, 0.29) is 35.6 Å². The molecule has 0 amide bonds. The minimum Gasteiger partial charge on any atom is -0.459 e. The lowest BCUT2D eigenvalue weighted by Crippen LogP contribution is -3.08. The quantitative estimate of drug-likeness (QED) is 0.364. The standard InChI is InChI=1S/C17H27NO4/c1-11-6-5-9-17(2)15(22-17)14-12(8-7-11)13(16(19)21-14)10-18(3)20-4/h6,12-15H,5,7-10H2,1-4H3/p+1/b11-6+/t12-,13-,14-,15-,17+/m0/s1. The van der Waals surface area contributed by atoms with Crippen LogP contribution in [0.25, 0.3) is 0 Å². The first-order valence-electron chi connectivity index (χ1n) is 8.35. The minimum atomic E-state index is -0.119. The Morgan fingerprint density at radius 1 is 1.50 bits per heavy atom. The number of quaternary nitrogens is 1. The molecule has 2 fully saturated rings. The molecule has 1 aliphatic carbocycles. The summed E-state index contributed by atoms with van der Waals surface area (Å²) in [5.41, 5.74) is 1.29. The van der Waals surface area contributed by atoms with Gasteiger partial charge in [-0.25, -0.2) is 4.84 Å². The van der Waals surface area contributed by atoms with E-state index in [0.717, 1.165) is 30.7 Å². The zero-order valence-electron chi connectivity index (χ0n) is 14.1. The Kier molecular flexibility index (Phi) is 4.32. The molecule has 0 radical (unpaired) electrons. The Labute approximate surface area is 132 Å². The minimum absolute atomic E-state index is 0.0705. The fourth-order valence-electron chi connectivity index (χ4n) is 3.97. The average molecular weight is 310 g/mol. The van der Waals surface area contributed by atoms with Crippen LogP contribution in [-0.2, 0) is 19.1 Å². The van der Waals surface area contributed by atoms with Crippen LogP contribution in [0.5, 0.6) is 0 Å². The summed E-state index contributed by atoms with van der Waals surface area (Å²) in [6, 6.07) is 0. The number of hydrogen-bond donors (Lipinski definition) is 1. The third kappa shape index (κ3) is 2.94. The fourth-order valence-corrected chi connectivity index (χ4v) is 3.97. The van der Waals surface area contributed by atoms with Gasteiger partial charge in [0.05, 0.1) is 19.8 Å². The van der Waals surface area contributed by atoms with E-state index in [1.807, 2.05) is 7.05 Å². The van der Waals surface area contributed by atoms with Crippen molar-refractivity contribution in [1.29, 1.82) is 0 Å². The summed E-state index contributed by atoms with van der Waals surface area (Å²) in [6.45, 7) is 4.99. The van der Waals surface area contributed by atoms with Crippen molar-refractivity contribution in [3.05, 3.63) is 11.6 Å². The van der Waals surface area contributed by atoms with Crippen LogP contribution in [0.1, 0.15) is 39.5 Å². The number of esters is 1. The summed E-state index contributed by atoms with van der Waals surface area (Å²) in [5, 5.41) is 0.895. The maximum atomic E-state index is 12.4. The topological polar surface area (TPSA) is 52.5 Å². The number of carbonyl (C=O) groups is 1. The van der Waals surface area contributed by atoms with Gasteiger partial charge in [-0.2, -0.15) is 5.06 Å². The number of fused-ring (bicyclic) bond motifs is 3. The maximum Gasteiger partial charge on any atom is 0.315 e. The molecule has 6 atom stereocenters. The molecule has 0 bridgehead atoms. The Bertz CT molecular complexity index is 477. The van der Waals surface area contributed by atoms with E-state index >= 15 is 0 Å². The molecule has 22 heavy (non-hydrogen) atoms. The second-order valence-electron chi connectivity index (χ2n) is 7.26. The lowest BCUT2D eigenvalue weighted by Gasteiger charge is -2.22. The van der Waals surface area contributed by atoms with Gasteiger partial charge in [0.15, 0.2) is 0 Å². The van der Waals surface area contributed by atoms with E-state index in [0.29, 0.717) is 6.54 Å². The number of epoxide rings is 1. The molecular weight excluding hydrogens is 282 g/mol. The van der Waals surface area contributed by atoms with Crippen molar-refractivity contribution < 1.29 is 24.2 Å². The molecule has 2 heterocycles. The highest BCUT2D eigenvalue weighted by molar-refractivity contribution is 5.75. The predicted molar refractivity (Wildman–Crippen MR) is 81.1 cm³/mol. The van der Waals surface area contributed by atoms with Crippen LogP contribution in [0.15, 0.2) is 11.6 Å². The Hall–Kier alpha value is -0.910. The SMILES string of the molecule is CO[NH+](C)C[C@@H]1C(=O)O[C@H]2[C@H]1CC/C(C)=C/CC[C@@]1(C)O[C@@H]21. The van der Waals surface area contributed by atoms with Crippen molar-refractivity contribution in [3.63, 3.8) is 0 Å². The normalized spacial score (nSPS) is 45.1. The molecule has 0 saturated carbocycles. The molecule has 3 rings (SSSR count). The highest BCUT2D eigenvalue weighted by atomic mass is 16.7. The Balaban J connectivity index is 1.81. The number of carbonyl (C=O) groups excluding carboxylic acids is 1. The third-order valence-corrected chi connectivity index (χ3v) is 5.59. The van der Waals surface area contributed by atoms with Crippen LogP contribution >= 0.6 is 0 Å². The maximum absolute atomic E-state index is 12.4. The molecule has 5 heteroatoms. The Morgan fingerprint density at radius 3 is 3.00 bits per heavy atom. The third-order valence-electron chi connectivity index (χ3n) is 5.59. The van der Waals surface area contributed by atoms with Gasteiger partial charge in [0, 0.05) is 5.92 Å². The molecule has 0 spiro atoms. The van der Waals surface area contributed by atoms with Crippen molar-refractivity contribution in [1.82, 2.24) is 0 Å². The van der Waals surface area contributed by atoms with Gasteiger partial charge in [-0.05, 0) is 39.5 Å². The van der Waals surface area contributed by atoms with E-state index in [9.17, 15) is 4.79 Å². The van der Waals surface area contributed by atoms with Crippen LogP contribution in [0.2, 0.25) is 0 Å². The molecule has 1 unspecified atom stereocenters. The lowest BCUT2D eigenvalue weighted by molar-refractivity contribution is -1.07. The number of nitrogens with one attached hydrogen (secondary N) is 1. The highest BCUT2D eigenvalue weighted by Gasteiger charge is 2.63. The largest absolute Gasteiger partial charge is 0.459 e. The number of allylic oxidation sites excluding steroid dienone is 2. The molecular formula is C17H28NO4+. The van der Waals surface area contributed by atoms with Crippen LogP contribution in [0.3, 0.4) is 0 Å². The lowest BCUT2D eigenvalue weighted by atomic mass is 9.80. The van der Waals surface area contributed by atoms with Gasteiger partial charge in [-0.1, -0.05) is 11.6 Å². The molecule has 0 aromatic heterocycles. The number of ether oxygens (including phenoxy) is 2. The van der Waals surface area contributed by atoms with E-state index in [1.165, 1.54) is 5.57 Å². The molecule has 0 aromatic carbocycles. The van der Waals surface area contributed by atoms with Crippen molar-refractivity contribution in [3.8, 4) is 0 Å². The summed E-state index contributed by atoms with van der Waals surface area (Å²) in [7, 11) is 3.60. The summed E-state index contributed by atoms with van der Waals surface area (Å²) in [5.74, 6) is 0.0571. The first-order chi connectivity index (χ1) is 10.4. The molecule has 2 aliphatic heterocycles. The van der Waals surface area contributed by atoms with Gasteiger partial charge in [-0.15, -0.1) is 0 Å². The summed E-state index contributed by atoms with van der Waals surface area (Å²) >= 11 is 0. The van der Waals surface area contributed by atoms with Gasteiger partial charge in [0.1, 0.15) is 24.7 Å². The van der Waals surface area contributed by atoms with Gasteiger partial charge >= 0.3 is 5.97 Å². The Morgan fingerprint density at radius 2 is 2.27 bits per heavy atom. The van der Waals surface area contributed by atoms with Gasteiger partial charge in [-0.3, -0.25) is 4.79 Å². The smallest absolute Gasteiger partial charge is 0.315 e. The zero-order chi connectivity index (χ0) is 15.9. The second kappa shape index (κ2) is 5.95. The van der Waals surface area contributed by atoms with Crippen LogP contribution in [0.4, 0.5) is 0 Å². The number of rotatable bonds is 3. The van der Waals surface area contributed by atoms with Crippen molar-refractivity contribution in [2.45, 2.75) is 57.3 Å². The molecule has 2 saturated heterocycles. The average Bonchev–Trinajstić information content (AvgIpc) is 3.05. The first-order valence-corrected chi connectivity index (χ1v) is 8.35. The van der Waals surface area contributed by atoms with Crippen LogP contribution < -0.4 is 5.06 Å². The summed E-state index contributed by atoms with van der Waals surface area (Å²) < 4.78 is 11.7. The summed E-state index contributed by atoms with van der Waals surface area (Å²) in [6.07, 6.45) is 6.37. The van der Waals surface area contributed by atoms with Crippen molar-refractivity contribution in [2.75, 3.05) is 20.7 Å². The first kappa shape index (κ1) is 16.0. The van der Waals surface area contributed by atoms with Crippen LogP contribution in [-0.4, -0.2) is 44.5 Å². The molecule has 0 aromatic rings. The van der Waals surface area contributed by atoms with E-state index in [4.69, 9.17) is 14.3 Å². The molecule has 124 valence electrons. The number of hydroxylamine groups is 2. The van der Waals surface area contributed by atoms with Gasteiger partial charge < -0.3 is 9.47 Å². The molecule has 3 aliphatic rings. The molecule has 5 nitrogen and oxygen atoms in total. The fraction of sp³-hybridized carbons (Fsp3) is 0.824. The number of hydrogen-bond acceptors (Lipinski definition) is 4. The second-order valence-corrected chi connectivity index (χ2v) is 7.26. The van der Waals surface area contributed by atoms with Crippen molar-refractivity contribution in [2.24, 2.45) is 11.8 Å². The monoisotopic (exact) mass is 310 g/mol. The van der Waals surface area contributed by atoms with E-state index in [1.54, 1.807) is 7.11 Å². The van der Waals surface area contributed by atoms with E-state index in [2.05, 4.69) is 19.9 Å². The predicted octanol–water partition coefficient (Wildman–Crippen LogP) is 0.898. The zero-order valence-corrected chi connectivity index (χ0v) is 14.1. The molecule has 1 N–H and O–H groups in total. The van der Waals surface area contributed by atoms with Crippen molar-refractivity contribution >= 4 is 5.97 Å². The van der Waals surface area contributed by atoms with Gasteiger partial charge in [0.25, 0.3) is 0 Å².